The maximum atomic E-state index is 11.7. The Morgan fingerprint density at radius 2 is 2.17 bits per heavy atom. The average molecular weight is 248 g/mol. The Hall–Kier alpha value is -2.37. The molecule has 0 aliphatic heterocycles. The van der Waals surface area contributed by atoms with Crippen LogP contribution in [-0.4, -0.2) is 22.2 Å². The van der Waals surface area contributed by atoms with Crippen molar-refractivity contribution in [3.8, 4) is 0 Å². The molecule has 0 radical (unpaired) electrons. The Morgan fingerprint density at radius 3 is 2.78 bits per heavy atom. The van der Waals surface area contributed by atoms with Gasteiger partial charge in [-0.05, 0) is 26.0 Å². The van der Waals surface area contributed by atoms with Gasteiger partial charge in [-0.25, -0.2) is 4.79 Å². The summed E-state index contributed by atoms with van der Waals surface area (Å²) in [4.78, 5) is 22.2. The predicted octanol–water partition coefficient (Wildman–Crippen LogP) is 2.86. The lowest BCUT2D eigenvalue weighted by atomic mass is 10.1. The summed E-state index contributed by atoms with van der Waals surface area (Å²) >= 11 is 0. The quantitative estimate of drug-likeness (QED) is 0.605. The fraction of sp³-hybridized carbons (Fsp3) is 0.250. The lowest BCUT2D eigenvalue weighted by molar-refractivity contribution is -0.383. The fourth-order valence-corrected chi connectivity index (χ4v) is 1.90. The number of nitro groups is 1. The van der Waals surface area contributed by atoms with Gasteiger partial charge in [-0.1, -0.05) is 6.07 Å². The van der Waals surface area contributed by atoms with E-state index in [4.69, 9.17) is 4.74 Å². The van der Waals surface area contributed by atoms with E-state index in [0.29, 0.717) is 16.5 Å². The summed E-state index contributed by atoms with van der Waals surface area (Å²) in [6, 6.07) is 4.85. The molecule has 18 heavy (non-hydrogen) atoms. The molecule has 0 aliphatic rings. The number of aryl methyl sites for hydroxylation is 1. The molecule has 0 saturated heterocycles. The lowest BCUT2D eigenvalue weighted by Gasteiger charge is -2.04. The molecule has 0 aliphatic carbocycles. The second-order valence-corrected chi connectivity index (χ2v) is 3.81. The van der Waals surface area contributed by atoms with E-state index >= 15 is 0 Å². The molecule has 2 aromatic rings. The van der Waals surface area contributed by atoms with Crippen LogP contribution in [0.1, 0.15) is 12.5 Å². The topological polar surface area (TPSA) is 74.4 Å². The van der Waals surface area contributed by atoms with Crippen LogP contribution >= 0.6 is 0 Å². The van der Waals surface area contributed by atoms with Crippen LogP contribution in [0, 0.1) is 17.0 Å². The van der Waals surface area contributed by atoms with E-state index in [1.807, 2.05) is 0 Å². The maximum absolute atomic E-state index is 11.7. The smallest absolute Gasteiger partial charge is 0.418 e. The third-order valence-corrected chi connectivity index (χ3v) is 2.69. The first-order chi connectivity index (χ1) is 8.56. The highest BCUT2D eigenvalue weighted by atomic mass is 16.6. The van der Waals surface area contributed by atoms with Crippen LogP contribution in [0.2, 0.25) is 0 Å². The van der Waals surface area contributed by atoms with E-state index in [0.717, 1.165) is 0 Å². The Kier molecular flexibility index (Phi) is 3.01. The van der Waals surface area contributed by atoms with Crippen LogP contribution in [-0.2, 0) is 4.74 Å². The van der Waals surface area contributed by atoms with Gasteiger partial charge in [0.2, 0.25) is 0 Å². The molecule has 0 spiro atoms. The van der Waals surface area contributed by atoms with Crippen LogP contribution in [0.3, 0.4) is 0 Å². The Labute approximate surface area is 103 Å². The number of ether oxygens (including phenoxy) is 1. The van der Waals surface area contributed by atoms with Crippen molar-refractivity contribution in [2.75, 3.05) is 6.61 Å². The van der Waals surface area contributed by atoms with Gasteiger partial charge < -0.3 is 4.74 Å². The Bertz CT molecular complexity index is 630. The van der Waals surface area contributed by atoms with Crippen LogP contribution in [0.5, 0.6) is 0 Å². The highest BCUT2D eigenvalue weighted by molar-refractivity contribution is 5.95. The number of carbonyl (C=O) groups is 1. The number of hydrogen-bond donors (Lipinski definition) is 0. The molecular formula is C12H12N2O4. The van der Waals surface area contributed by atoms with Crippen molar-refractivity contribution in [2.24, 2.45) is 0 Å². The number of rotatable bonds is 2. The fourth-order valence-electron chi connectivity index (χ4n) is 1.90. The summed E-state index contributed by atoms with van der Waals surface area (Å²) < 4.78 is 6.15. The zero-order chi connectivity index (χ0) is 13.3. The minimum absolute atomic E-state index is 0.0237. The van der Waals surface area contributed by atoms with Gasteiger partial charge in [-0.2, -0.15) is 0 Å². The molecule has 0 atom stereocenters. The summed E-state index contributed by atoms with van der Waals surface area (Å²) in [5.41, 5.74) is 1.07. The largest absolute Gasteiger partial charge is 0.449 e. The van der Waals surface area contributed by atoms with Crippen LogP contribution in [0.25, 0.3) is 10.9 Å². The summed E-state index contributed by atoms with van der Waals surface area (Å²) in [7, 11) is 0. The summed E-state index contributed by atoms with van der Waals surface area (Å²) in [5.74, 6) is 0. The number of nitrogens with zero attached hydrogens (tertiary/aromatic N) is 2. The Balaban J connectivity index is 2.65. The first-order valence-electron chi connectivity index (χ1n) is 5.48. The van der Waals surface area contributed by atoms with Crippen LogP contribution in [0.15, 0.2) is 24.4 Å². The average Bonchev–Trinajstić information content (AvgIpc) is 2.72. The molecule has 1 aromatic carbocycles. The van der Waals surface area contributed by atoms with Gasteiger partial charge in [0.1, 0.15) is 0 Å². The summed E-state index contributed by atoms with van der Waals surface area (Å²) in [6.07, 6.45) is 0.945. The second-order valence-electron chi connectivity index (χ2n) is 3.81. The van der Waals surface area contributed by atoms with Crippen molar-refractivity contribution < 1.29 is 14.5 Å². The highest BCUT2D eigenvalue weighted by Gasteiger charge is 2.19. The molecule has 1 aromatic heterocycles. The first-order valence-corrected chi connectivity index (χ1v) is 5.48. The molecule has 0 bridgehead atoms. The molecular weight excluding hydrogens is 236 g/mol. The Morgan fingerprint density at radius 1 is 1.44 bits per heavy atom. The molecule has 0 saturated carbocycles. The molecule has 2 rings (SSSR count). The monoisotopic (exact) mass is 248 g/mol. The van der Waals surface area contributed by atoms with Gasteiger partial charge in [0, 0.05) is 11.8 Å². The van der Waals surface area contributed by atoms with E-state index in [1.54, 1.807) is 32.0 Å². The molecule has 0 fully saturated rings. The predicted molar refractivity (Wildman–Crippen MR) is 65.7 cm³/mol. The van der Waals surface area contributed by atoms with Crippen molar-refractivity contribution >= 4 is 22.7 Å². The van der Waals surface area contributed by atoms with Crippen LogP contribution < -0.4 is 0 Å². The van der Waals surface area contributed by atoms with Crippen molar-refractivity contribution in [3.05, 3.63) is 40.1 Å². The molecule has 1 heterocycles. The maximum Gasteiger partial charge on any atom is 0.418 e. The van der Waals surface area contributed by atoms with E-state index < -0.39 is 11.0 Å². The molecule has 0 amide bonds. The molecule has 6 nitrogen and oxygen atoms in total. The normalized spacial score (nSPS) is 10.6. The van der Waals surface area contributed by atoms with Crippen molar-refractivity contribution in [1.29, 1.82) is 0 Å². The minimum atomic E-state index is -0.536. The highest BCUT2D eigenvalue weighted by Crippen LogP contribution is 2.29. The van der Waals surface area contributed by atoms with Crippen LogP contribution in [0.4, 0.5) is 10.5 Å². The third kappa shape index (κ3) is 1.81. The van der Waals surface area contributed by atoms with Gasteiger partial charge in [-0.15, -0.1) is 0 Å². The van der Waals surface area contributed by atoms with Gasteiger partial charge in [0.25, 0.3) is 5.69 Å². The molecule has 0 N–H and O–H groups in total. The lowest BCUT2D eigenvalue weighted by Crippen LogP contribution is -2.12. The van der Waals surface area contributed by atoms with E-state index in [2.05, 4.69) is 0 Å². The molecule has 6 heteroatoms. The van der Waals surface area contributed by atoms with E-state index in [9.17, 15) is 14.9 Å². The third-order valence-electron chi connectivity index (χ3n) is 2.69. The zero-order valence-corrected chi connectivity index (χ0v) is 10.0. The standard InChI is InChI=1S/C12H12N2O4/c1-3-18-12(15)13-7-6-9-10(13)5-4-8(2)11(9)14(16)17/h4-7H,3H2,1-2H3. The first kappa shape index (κ1) is 12.1. The second kappa shape index (κ2) is 4.48. The van der Waals surface area contributed by atoms with Crippen molar-refractivity contribution in [3.63, 3.8) is 0 Å². The van der Waals surface area contributed by atoms with Gasteiger partial charge in [0.05, 0.1) is 22.4 Å². The molecule has 94 valence electrons. The SMILES string of the molecule is CCOC(=O)n1ccc2c([N+](=O)[O-])c(C)ccc21. The minimum Gasteiger partial charge on any atom is -0.449 e. The van der Waals surface area contributed by atoms with Crippen molar-refractivity contribution in [1.82, 2.24) is 4.57 Å². The van der Waals surface area contributed by atoms with E-state index in [-0.39, 0.29) is 12.3 Å². The molecule has 0 unspecified atom stereocenters. The summed E-state index contributed by atoms with van der Waals surface area (Å²) in [6.45, 7) is 3.63. The number of benzene rings is 1. The zero-order valence-electron chi connectivity index (χ0n) is 10.0. The number of fused-ring (bicyclic) bond motifs is 1. The van der Waals surface area contributed by atoms with E-state index in [1.165, 1.54) is 10.8 Å². The number of hydrogen-bond acceptors (Lipinski definition) is 4. The van der Waals surface area contributed by atoms with Crippen molar-refractivity contribution in [2.45, 2.75) is 13.8 Å². The number of aromatic nitrogens is 1. The van der Waals surface area contributed by atoms with Gasteiger partial charge in [0.15, 0.2) is 0 Å². The number of carbonyl (C=O) groups excluding carboxylic acids is 1. The summed E-state index contributed by atoms with van der Waals surface area (Å²) in [5, 5.41) is 11.5. The van der Waals surface area contributed by atoms with Gasteiger partial charge >= 0.3 is 6.09 Å². The van der Waals surface area contributed by atoms with Gasteiger partial charge in [-0.3, -0.25) is 14.7 Å². The number of nitro benzene ring substituents is 1.